The average molecular weight is 409 g/mol. The number of methoxy groups -OCH3 is 2. The zero-order chi connectivity index (χ0) is 21.6. The molecule has 156 valence electrons. The molecule has 3 aromatic rings. The Labute approximate surface area is 184 Å². The van der Waals surface area contributed by atoms with Gasteiger partial charge in [-0.05, 0) is 59.4 Å². The molecule has 2 aliphatic carbocycles. The molecule has 2 nitrogen and oxygen atoms in total. The highest BCUT2D eigenvalue weighted by atomic mass is 16.5. The molecule has 2 heteroatoms. The number of hydrogen-bond acceptors (Lipinski definition) is 2. The lowest BCUT2D eigenvalue weighted by Crippen LogP contribution is -2.35. The zero-order valence-corrected chi connectivity index (χ0v) is 18.6. The Morgan fingerprint density at radius 2 is 1.29 bits per heavy atom. The van der Waals surface area contributed by atoms with Crippen LogP contribution < -0.4 is 9.47 Å². The first-order valence-electron chi connectivity index (χ1n) is 10.9. The minimum Gasteiger partial charge on any atom is -0.496 e. The monoisotopic (exact) mass is 408 g/mol. The van der Waals surface area contributed by atoms with Crippen molar-refractivity contribution in [1.29, 1.82) is 0 Å². The number of allylic oxidation sites excluding steroid dienone is 4. The van der Waals surface area contributed by atoms with Crippen molar-refractivity contribution >= 4 is 0 Å². The SMILES string of the molecule is COc1ccc(C2(c3ccc(OC)c(C)c3)c3ccccc3C3C=CC=CC32)cc1C. The summed E-state index contributed by atoms with van der Waals surface area (Å²) >= 11 is 0. The lowest BCUT2D eigenvalue weighted by molar-refractivity contribution is 0.408. The number of hydrogen-bond donors (Lipinski definition) is 0. The predicted molar refractivity (Wildman–Crippen MR) is 126 cm³/mol. The van der Waals surface area contributed by atoms with Crippen LogP contribution >= 0.6 is 0 Å². The Kier molecular flexibility index (Phi) is 4.74. The second-order valence-electron chi connectivity index (χ2n) is 8.59. The minimum atomic E-state index is -0.281. The van der Waals surface area contributed by atoms with Gasteiger partial charge in [-0.3, -0.25) is 0 Å². The molecule has 0 heterocycles. The van der Waals surface area contributed by atoms with E-state index < -0.39 is 0 Å². The van der Waals surface area contributed by atoms with Gasteiger partial charge in [-0.25, -0.2) is 0 Å². The van der Waals surface area contributed by atoms with Gasteiger partial charge in [0.15, 0.2) is 0 Å². The second kappa shape index (κ2) is 7.46. The minimum absolute atomic E-state index is 0.281. The maximum atomic E-state index is 5.59. The summed E-state index contributed by atoms with van der Waals surface area (Å²) in [6.45, 7) is 4.26. The van der Waals surface area contributed by atoms with Crippen molar-refractivity contribution in [1.82, 2.24) is 0 Å². The first kappa shape index (κ1) is 19.7. The number of rotatable bonds is 4. The molecule has 0 saturated carbocycles. The van der Waals surface area contributed by atoms with Gasteiger partial charge in [0.2, 0.25) is 0 Å². The summed E-state index contributed by atoms with van der Waals surface area (Å²) in [5.41, 5.74) is 7.42. The van der Waals surface area contributed by atoms with Crippen molar-refractivity contribution in [2.45, 2.75) is 25.2 Å². The molecule has 0 saturated heterocycles. The van der Waals surface area contributed by atoms with E-state index in [-0.39, 0.29) is 5.41 Å². The molecule has 0 spiro atoms. The molecule has 5 rings (SSSR count). The average Bonchev–Trinajstić information content (AvgIpc) is 3.10. The van der Waals surface area contributed by atoms with Crippen molar-refractivity contribution in [3.63, 3.8) is 0 Å². The molecule has 0 fully saturated rings. The van der Waals surface area contributed by atoms with E-state index in [1.54, 1.807) is 14.2 Å². The molecule has 0 radical (unpaired) electrons. The Morgan fingerprint density at radius 1 is 0.710 bits per heavy atom. The van der Waals surface area contributed by atoms with Crippen molar-refractivity contribution < 1.29 is 9.47 Å². The third-order valence-electron chi connectivity index (χ3n) is 7.08. The highest BCUT2D eigenvalue weighted by Crippen LogP contribution is 2.59. The lowest BCUT2D eigenvalue weighted by atomic mass is 9.63. The number of benzene rings is 3. The first-order chi connectivity index (χ1) is 15.1. The van der Waals surface area contributed by atoms with Gasteiger partial charge in [0, 0.05) is 11.8 Å². The quantitative estimate of drug-likeness (QED) is 0.491. The van der Waals surface area contributed by atoms with Crippen LogP contribution in [0.1, 0.15) is 39.3 Å². The molecule has 3 aromatic carbocycles. The summed E-state index contributed by atoms with van der Waals surface area (Å²) in [4.78, 5) is 0. The van der Waals surface area contributed by atoms with Gasteiger partial charge >= 0.3 is 0 Å². The van der Waals surface area contributed by atoms with Crippen molar-refractivity contribution in [2.24, 2.45) is 5.92 Å². The molecule has 31 heavy (non-hydrogen) atoms. The van der Waals surface area contributed by atoms with Gasteiger partial charge in [0.25, 0.3) is 0 Å². The molecular weight excluding hydrogens is 380 g/mol. The van der Waals surface area contributed by atoms with Gasteiger partial charge in [-0.2, -0.15) is 0 Å². The van der Waals surface area contributed by atoms with Gasteiger partial charge in [-0.15, -0.1) is 0 Å². The topological polar surface area (TPSA) is 18.5 Å². The van der Waals surface area contributed by atoms with E-state index in [4.69, 9.17) is 9.47 Å². The Bertz CT molecular complexity index is 1150. The van der Waals surface area contributed by atoms with Crippen LogP contribution in [0.5, 0.6) is 11.5 Å². The van der Waals surface area contributed by atoms with E-state index in [9.17, 15) is 0 Å². The molecule has 2 aliphatic rings. The first-order valence-corrected chi connectivity index (χ1v) is 10.9. The highest BCUT2D eigenvalue weighted by molar-refractivity contribution is 5.64. The van der Waals surface area contributed by atoms with Crippen LogP contribution in [-0.2, 0) is 5.41 Å². The molecule has 0 aliphatic heterocycles. The van der Waals surface area contributed by atoms with Gasteiger partial charge < -0.3 is 9.47 Å². The van der Waals surface area contributed by atoms with E-state index in [0.29, 0.717) is 11.8 Å². The lowest BCUT2D eigenvalue weighted by Gasteiger charge is -2.39. The van der Waals surface area contributed by atoms with Crippen LogP contribution in [0.4, 0.5) is 0 Å². The van der Waals surface area contributed by atoms with Crippen LogP contribution in [0.25, 0.3) is 0 Å². The van der Waals surface area contributed by atoms with E-state index in [1.165, 1.54) is 22.3 Å². The number of ether oxygens (including phenoxy) is 2. The number of fused-ring (bicyclic) bond motifs is 3. The fraction of sp³-hybridized carbons (Fsp3) is 0.241. The van der Waals surface area contributed by atoms with Crippen molar-refractivity contribution in [3.05, 3.63) is 118 Å². The zero-order valence-electron chi connectivity index (χ0n) is 18.6. The largest absolute Gasteiger partial charge is 0.496 e. The van der Waals surface area contributed by atoms with Crippen LogP contribution in [0, 0.1) is 19.8 Å². The number of aryl methyl sites for hydroxylation is 2. The van der Waals surface area contributed by atoms with Gasteiger partial charge in [0.1, 0.15) is 11.5 Å². The second-order valence-corrected chi connectivity index (χ2v) is 8.59. The standard InChI is InChI=1S/C29H28O2/c1-19-17-21(13-15-27(19)30-3)29(22-14-16-28(31-4)20(2)18-22)25-11-7-5-9-23(25)24-10-6-8-12-26(24)29/h5-18,23,25H,1-4H3. The van der Waals surface area contributed by atoms with Crippen molar-refractivity contribution in [3.8, 4) is 11.5 Å². The third-order valence-corrected chi connectivity index (χ3v) is 7.08. The van der Waals surface area contributed by atoms with E-state index in [0.717, 1.165) is 22.6 Å². The van der Waals surface area contributed by atoms with E-state index >= 15 is 0 Å². The Balaban J connectivity index is 1.86. The maximum Gasteiger partial charge on any atom is 0.121 e. The molecule has 0 bridgehead atoms. The summed E-state index contributed by atoms with van der Waals surface area (Å²) in [6, 6.07) is 22.3. The summed E-state index contributed by atoms with van der Waals surface area (Å²) < 4.78 is 11.2. The van der Waals surface area contributed by atoms with Crippen LogP contribution in [-0.4, -0.2) is 14.2 Å². The summed E-state index contributed by atoms with van der Waals surface area (Å²) in [6.07, 6.45) is 9.14. The maximum absolute atomic E-state index is 5.59. The molecule has 0 amide bonds. The Morgan fingerprint density at radius 3 is 1.87 bits per heavy atom. The normalized spacial score (nSPS) is 20.3. The molecule has 0 N–H and O–H groups in total. The highest BCUT2D eigenvalue weighted by Gasteiger charge is 2.52. The van der Waals surface area contributed by atoms with Crippen molar-refractivity contribution in [2.75, 3.05) is 14.2 Å². The third kappa shape index (κ3) is 2.78. The molecule has 0 aromatic heterocycles. The van der Waals surface area contributed by atoms with Crippen LogP contribution in [0.2, 0.25) is 0 Å². The van der Waals surface area contributed by atoms with Crippen LogP contribution in [0.15, 0.2) is 85.0 Å². The summed E-state index contributed by atoms with van der Waals surface area (Å²) in [5.74, 6) is 2.50. The van der Waals surface area contributed by atoms with Gasteiger partial charge in [0.05, 0.1) is 19.6 Å². The fourth-order valence-electron chi connectivity index (χ4n) is 5.75. The fourth-order valence-corrected chi connectivity index (χ4v) is 5.75. The Hall–Kier alpha value is -3.26. The molecule has 2 unspecified atom stereocenters. The molecular formula is C29H28O2. The smallest absolute Gasteiger partial charge is 0.121 e. The predicted octanol–water partition coefficient (Wildman–Crippen LogP) is 6.49. The van der Waals surface area contributed by atoms with Crippen LogP contribution in [0.3, 0.4) is 0 Å². The van der Waals surface area contributed by atoms with Gasteiger partial charge in [-0.1, -0.05) is 72.8 Å². The van der Waals surface area contributed by atoms with E-state index in [2.05, 4.69) is 98.8 Å². The molecule has 2 atom stereocenters. The van der Waals surface area contributed by atoms with E-state index in [1.807, 2.05) is 0 Å². The summed E-state index contributed by atoms with van der Waals surface area (Å²) in [5, 5.41) is 0. The summed E-state index contributed by atoms with van der Waals surface area (Å²) in [7, 11) is 3.47.